The summed E-state index contributed by atoms with van der Waals surface area (Å²) >= 11 is 2.03. The van der Waals surface area contributed by atoms with Gasteiger partial charge in [0.15, 0.2) is 5.43 Å². The molecule has 1 N–H and O–H groups in total. The highest BCUT2D eigenvalue weighted by Gasteiger charge is 2.07. The first-order valence-corrected chi connectivity index (χ1v) is 5.22. The van der Waals surface area contributed by atoms with E-state index in [4.69, 9.17) is 6.42 Å². The summed E-state index contributed by atoms with van der Waals surface area (Å²) in [5.41, 5.74) is 0.508. The zero-order valence-corrected chi connectivity index (χ0v) is 9.72. The smallest absolute Gasteiger partial charge is 0.189 e. The highest BCUT2D eigenvalue weighted by atomic mass is 127. The molecule has 2 rings (SSSR count). The minimum Gasteiger partial charge on any atom is -0.508 e. The van der Waals surface area contributed by atoms with E-state index in [2.05, 4.69) is 6.04 Å². The van der Waals surface area contributed by atoms with Gasteiger partial charge in [-0.1, -0.05) is 6.42 Å². The Morgan fingerprint density at radius 3 is 2.87 bits per heavy atom. The van der Waals surface area contributed by atoms with Crippen LogP contribution in [0.5, 0.6) is 5.75 Å². The van der Waals surface area contributed by atoms with Crippen LogP contribution in [0.1, 0.15) is 0 Å². The zero-order valence-electron chi connectivity index (χ0n) is 7.57. The van der Waals surface area contributed by atoms with E-state index in [-0.39, 0.29) is 11.2 Å². The lowest BCUT2D eigenvalue weighted by atomic mass is 10.2. The number of hydrogen-bond acceptors (Lipinski definition) is 2. The van der Waals surface area contributed by atoms with Gasteiger partial charge in [-0.2, -0.15) is 0 Å². The van der Waals surface area contributed by atoms with Gasteiger partial charge in [0.2, 0.25) is 0 Å². The first-order valence-electron chi connectivity index (χ1n) is 4.14. The molecule has 0 unspecified atom stereocenters. The summed E-state index contributed by atoms with van der Waals surface area (Å²) in [5.74, 6) is 0.0683. The van der Waals surface area contributed by atoms with Crippen molar-refractivity contribution in [2.75, 3.05) is 0 Å². The number of terminal acetylenes is 1. The molecule has 1 aromatic carbocycles. The van der Waals surface area contributed by atoms with E-state index in [1.54, 1.807) is 12.3 Å². The van der Waals surface area contributed by atoms with Crippen molar-refractivity contribution in [2.24, 2.45) is 0 Å². The van der Waals surface area contributed by atoms with E-state index in [0.29, 0.717) is 10.9 Å². The number of hydrogen-bond donors (Lipinski definition) is 1. The van der Waals surface area contributed by atoms with Crippen LogP contribution in [0.4, 0.5) is 0 Å². The third-order valence-corrected chi connectivity index (χ3v) is 2.89. The minimum absolute atomic E-state index is 0.0683. The molecular weight excluding hydrogens is 305 g/mol. The second-order valence-electron chi connectivity index (χ2n) is 3.00. The predicted molar refractivity (Wildman–Crippen MR) is 66.8 cm³/mol. The van der Waals surface area contributed by atoms with Crippen LogP contribution < -0.4 is 5.43 Å². The van der Waals surface area contributed by atoms with Crippen molar-refractivity contribution in [3.63, 3.8) is 0 Å². The summed E-state index contributed by atoms with van der Waals surface area (Å²) in [6.45, 7) is 0. The Morgan fingerprint density at radius 1 is 1.47 bits per heavy atom. The minimum atomic E-state index is -0.148. The maximum Gasteiger partial charge on any atom is 0.189 e. The molecule has 0 fully saturated rings. The third kappa shape index (κ3) is 1.59. The number of rotatable bonds is 0. The highest BCUT2D eigenvalue weighted by Crippen LogP contribution is 2.23. The second kappa shape index (κ2) is 3.59. The van der Waals surface area contributed by atoms with Gasteiger partial charge in [0.1, 0.15) is 5.75 Å². The monoisotopic (exact) mass is 311 g/mol. The number of aromatic nitrogens is 1. The predicted octanol–water partition coefficient (Wildman–Crippen LogP) is 1.75. The van der Waals surface area contributed by atoms with E-state index >= 15 is 0 Å². The van der Waals surface area contributed by atoms with Crippen molar-refractivity contribution in [1.82, 2.24) is 4.57 Å². The number of halogens is 1. The van der Waals surface area contributed by atoms with Crippen molar-refractivity contribution in [2.45, 2.75) is 0 Å². The molecule has 0 atom stereocenters. The number of phenols is 1. The van der Waals surface area contributed by atoms with Gasteiger partial charge in [-0.3, -0.25) is 9.36 Å². The molecule has 2 aromatic rings. The van der Waals surface area contributed by atoms with Crippen molar-refractivity contribution in [1.29, 1.82) is 0 Å². The molecule has 0 aliphatic carbocycles. The molecule has 3 nitrogen and oxygen atoms in total. The Labute approximate surface area is 99.5 Å². The van der Waals surface area contributed by atoms with Crippen LogP contribution in [0.2, 0.25) is 0 Å². The fourth-order valence-electron chi connectivity index (χ4n) is 1.43. The molecule has 0 aliphatic heterocycles. The van der Waals surface area contributed by atoms with Gasteiger partial charge in [0.25, 0.3) is 0 Å². The summed E-state index contributed by atoms with van der Waals surface area (Å²) in [5, 5.41) is 9.82. The van der Waals surface area contributed by atoms with E-state index in [1.807, 2.05) is 22.6 Å². The van der Waals surface area contributed by atoms with Crippen molar-refractivity contribution >= 4 is 33.5 Å². The van der Waals surface area contributed by atoms with Crippen LogP contribution >= 0.6 is 22.6 Å². The molecule has 15 heavy (non-hydrogen) atoms. The lowest BCUT2D eigenvalue weighted by molar-refractivity contribution is 0.475. The van der Waals surface area contributed by atoms with Crippen LogP contribution in [0, 0.1) is 16.0 Å². The Balaban J connectivity index is 3.09. The standard InChI is InChI=1S/C11H6INO2/c1-2-13-4-3-10(15)8-5-7(14)6-9(12)11(8)13/h1,3-6,14H. The normalized spacial score (nSPS) is 10.1. The van der Waals surface area contributed by atoms with Gasteiger partial charge in [-0.15, -0.1) is 0 Å². The molecule has 0 radical (unpaired) electrons. The van der Waals surface area contributed by atoms with E-state index in [9.17, 15) is 9.90 Å². The Kier molecular flexibility index (Phi) is 2.40. The molecule has 0 aliphatic rings. The maximum atomic E-state index is 11.6. The highest BCUT2D eigenvalue weighted by molar-refractivity contribution is 14.1. The Morgan fingerprint density at radius 2 is 2.20 bits per heavy atom. The molecule has 1 heterocycles. The summed E-state index contributed by atoms with van der Waals surface area (Å²) in [6, 6.07) is 6.83. The van der Waals surface area contributed by atoms with Crippen molar-refractivity contribution in [3.8, 4) is 18.2 Å². The quantitative estimate of drug-likeness (QED) is 0.595. The average Bonchev–Trinajstić information content (AvgIpc) is 2.19. The van der Waals surface area contributed by atoms with Gasteiger partial charge < -0.3 is 5.11 Å². The van der Waals surface area contributed by atoms with E-state index < -0.39 is 0 Å². The van der Waals surface area contributed by atoms with Gasteiger partial charge in [-0.25, -0.2) is 0 Å². The Bertz CT molecular complexity index is 637. The summed E-state index contributed by atoms with van der Waals surface area (Å²) in [6.07, 6.45) is 6.86. The number of phenolic OH excluding ortho intramolecular Hbond substituents is 1. The van der Waals surface area contributed by atoms with Gasteiger partial charge in [-0.05, 0) is 34.7 Å². The van der Waals surface area contributed by atoms with Crippen LogP contribution in [-0.4, -0.2) is 9.67 Å². The molecule has 1 aromatic heterocycles. The number of pyridine rings is 1. The fraction of sp³-hybridized carbons (Fsp3) is 0. The van der Waals surface area contributed by atoms with Gasteiger partial charge >= 0.3 is 0 Å². The molecule has 0 saturated carbocycles. The molecular formula is C11H6INO2. The summed E-state index contributed by atoms with van der Waals surface area (Å²) in [4.78, 5) is 11.6. The zero-order chi connectivity index (χ0) is 11.0. The SMILES string of the molecule is C#Cn1ccc(=O)c2cc(O)cc(I)c21. The summed E-state index contributed by atoms with van der Waals surface area (Å²) in [7, 11) is 0. The van der Waals surface area contributed by atoms with Crippen LogP contribution in [0.25, 0.3) is 10.9 Å². The molecule has 0 spiro atoms. The lowest BCUT2D eigenvalue weighted by Gasteiger charge is -2.05. The first-order chi connectivity index (χ1) is 7.13. The molecule has 0 saturated heterocycles. The maximum absolute atomic E-state index is 11.6. The van der Waals surface area contributed by atoms with Crippen LogP contribution in [0.15, 0.2) is 29.2 Å². The average molecular weight is 311 g/mol. The number of benzene rings is 1. The van der Waals surface area contributed by atoms with E-state index in [0.717, 1.165) is 3.57 Å². The molecule has 0 amide bonds. The second-order valence-corrected chi connectivity index (χ2v) is 4.17. The first kappa shape index (κ1) is 10.1. The summed E-state index contributed by atoms with van der Waals surface area (Å²) < 4.78 is 2.27. The molecule has 0 bridgehead atoms. The van der Waals surface area contributed by atoms with Crippen molar-refractivity contribution in [3.05, 3.63) is 38.2 Å². The number of aromatic hydroxyl groups is 1. The van der Waals surface area contributed by atoms with Crippen LogP contribution in [-0.2, 0) is 0 Å². The van der Waals surface area contributed by atoms with Gasteiger partial charge in [0.05, 0.1) is 10.9 Å². The van der Waals surface area contributed by atoms with Gasteiger partial charge in [0, 0.05) is 21.9 Å². The largest absolute Gasteiger partial charge is 0.508 e. The lowest BCUT2D eigenvalue weighted by Crippen LogP contribution is -2.06. The fourth-order valence-corrected chi connectivity index (χ4v) is 2.30. The number of fused-ring (bicyclic) bond motifs is 1. The van der Waals surface area contributed by atoms with Crippen LogP contribution in [0.3, 0.4) is 0 Å². The number of nitrogens with zero attached hydrogens (tertiary/aromatic N) is 1. The molecule has 4 heteroatoms. The van der Waals surface area contributed by atoms with Crippen molar-refractivity contribution < 1.29 is 5.11 Å². The Hall–Kier alpha value is -1.48. The topological polar surface area (TPSA) is 42.2 Å². The molecule has 74 valence electrons. The third-order valence-electron chi connectivity index (χ3n) is 2.07. The van der Waals surface area contributed by atoms with E-state index in [1.165, 1.54) is 16.7 Å².